The van der Waals surface area contributed by atoms with E-state index in [2.05, 4.69) is 75.6 Å². The highest BCUT2D eigenvalue weighted by Crippen LogP contribution is 2.17. The van der Waals surface area contributed by atoms with Gasteiger partial charge in [-0.1, -0.05) is 36.9 Å². The molecule has 0 bridgehead atoms. The molecular weight excluding hydrogens is 292 g/mol. The van der Waals surface area contributed by atoms with Crippen LogP contribution in [0.15, 0.2) is 42.6 Å². The first-order valence-electron chi connectivity index (χ1n) is 8.71. The van der Waals surface area contributed by atoms with E-state index in [1.165, 1.54) is 35.1 Å². The van der Waals surface area contributed by atoms with Crippen molar-refractivity contribution in [1.29, 1.82) is 0 Å². The van der Waals surface area contributed by atoms with Crippen molar-refractivity contribution in [3.8, 4) is 12.8 Å². The Balaban J connectivity index is 0.00000139. The van der Waals surface area contributed by atoms with Crippen molar-refractivity contribution in [2.75, 3.05) is 6.54 Å². The summed E-state index contributed by atoms with van der Waals surface area (Å²) < 4.78 is 0. The van der Waals surface area contributed by atoms with Crippen molar-refractivity contribution in [2.45, 2.75) is 58.5 Å². The van der Waals surface area contributed by atoms with E-state index >= 15 is 0 Å². The maximum Gasteiger partial charge on any atom is 0.0468 e. The molecule has 1 aliphatic rings. The Labute approximate surface area is 148 Å². The van der Waals surface area contributed by atoms with Crippen LogP contribution in [0.2, 0.25) is 0 Å². The minimum atomic E-state index is 0.302. The number of nitrogens with one attached hydrogen (secondary N) is 2. The largest absolute Gasteiger partial charge is 0.381 e. The highest BCUT2D eigenvalue weighted by Gasteiger charge is 2.19. The number of benzene rings is 1. The normalized spacial score (nSPS) is 17.5. The number of aryl methyl sites for hydroxylation is 3. The molecule has 130 valence electrons. The number of terminal acetylenes is 1. The molecule has 2 heteroatoms. The van der Waals surface area contributed by atoms with E-state index in [0.29, 0.717) is 12.1 Å². The number of hydrogen-bond donors (Lipinski definition) is 2. The van der Waals surface area contributed by atoms with Crippen LogP contribution in [-0.2, 0) is 6.42 Å². The zero-order valence-electron chi connectivity index (χ0n) is 15.5. The van der Waals surface area contributed by atoms with Crippen molar-refractivity contribution in [3.63, 3.8) is 0 Å². The topological polar surface area (TPSA) is 24.1 Å². The van der Waals surface area contributed by atoms with Crippen LogP contribution in [0.3, 0.4) is 0 Å². The third kappa shape index (κ3) is 5.91. The van der Waals surface area contributed by atoms with Gasteiger partial charge in [0.2, 0.25) is 0 Å². The lowest BCUT2D eigenvalue weighted by Crippen LogP contribution is -2.37. The average Bonchev–Trinajstić information content (AvgIpc) is 3.10. The second kappa shape index (κ2) is 10.0. The summed E-state index contributed by atoms with van der Waals surface area (Å²) in [5, 5.41) is 7.09. The fraction of sp³-hybridized carbons (Fsp3) is 0.455. The van der Waals surface area contributed by atoms with Crippen LogP contribution in [0.5, 0.6) is 0 Å². The van der Waals surface area contributed by atoms with Gasteiger partial charge < -0.3 is 10.6 Å². The Kier molecular flexibility index (Phi) is 8.36. The van der Waals surface area contributed by atoms with Gasteiger partial charge in [-0.15, -0.1) is 12.8 Å². The van der Waals surface area contributed by atoms with Crippen LogP contribution in [0, 0.1) is 26.7 Å². The van der Waals surface area contributed by atoms with Gasteiger partial charge >= 0.3 is 0 Å². The maximum atomic E-state index is 4.22. The summed E-state index contributed by atoms with van der Waals surface area (Å²) in [6.45, 7) is 15.9. The second-order valence-electron chi connectivity index (χ2n) is 6.67. The van der Waals surface area contributed by atoms with Gasteiger partial charge in [0.05, 0.1) is 0 Å². The number of rotatable bonds is 7. The first-order chi connectivity index (χ1) is 11.5. The van der Waals surface area contributed by atoms with Crippen LogP contribution in [0.25, 0.3) is 0 Å². The van der Waals surface area contributed by atoms with E-state index < -0.39 is 0 Å². The van der Waals surface area contributed by atoms with E-state index in [1.54, 1.807) is 0 Å². The third-order valence-corrected chi connectivity index (χ3v) is 4.73. The first-order valence-corrected chi connectivity index (χ1v) is 8.71. The Bertz CT molecular complexity index is 577. The van der Waals surface area contributed by atoms with Gasteiger partial charge in [-0.05, 0) is 69.7 Å². The molecule has 2 N–H and O–H groups in total. The highest BCUT2D eigenvalue weighted by molar-refractivity contribution is 5.30. The van der Waals surface area contributed by atoms with Crippen molar-refractivity contribution in [2.24, 2.45) is 0 Å². The van der Waals surface area contributed by atoms with Crippen molar-refractivity contribution < 1.29 is 0 Å². The Morgan fingerprint density at radius 2 is 2.00 bits per heavy atom. The van der Waals surface area contributed by atoms with Crippen molar-refractivity contribution >= 4 is 0 Å². The molecule has 2 atom stereocenters. The summed E-state index contributed by atoms with van der Waals surface area (Å²) in [6.07, 6.45) is 12.6. The molecule has 0 amide bonds. The van der Waals surface area contributed by atoms with Gasteiger partial charge in [-0.25, -0.2) is 0 Å². The predicted molar refractivity (Wildman–Crippen MR) is 106 cm³/mol. The summed E-state index contributed by atoms with van der Waals surface area (Å²) in [7, 11) is 0. The van der Waals surface area contributed by atoms with E-state index in [9.17, 15) is 0 Å². The lowest BCUT2D eigenvalue weighted by Gasteiger charge is -2.25. The molecule has 2 rings (SSSR count). The molecule has 2 nitrogen and oxygen atoms in total. The molecule has 1 aliphatic heterocycles. The standard InChI is InChI=1S/C20H30N2.C2H2/c1-14(2)19(22-17(5)20-7-6-12-21-20)11-10-18-9-8-15(3)16(4)13-18;1-2/h8-9,13,19-22H,1,5-7,10-12H2,2-4H3;1-2H. The van der Waals surface area contributed by atoms with Crippen molar-refractivity contribution in [1.82, 2.24) is 10.6 Å². The molecule has 1 aromatic carbocycles. The predicted octanol–water partition coefficient (Wildman–Crippen LogP) is 4.29. The van der Waals surface area contributed by atoms with E-state index in [1.807, 2.05) is 0 Å². The maximum absolute atomic E-state index is 4.22. The second-order valence-corrected chi connectivity index (χ2v) is 6.67. The fourth-order valence-electron chi connectivity index (χ4n) is 3.02. The van der Waals surface area contributed by atoms with Crippen LogP contribution >= 0.6 is 0 Å². The van der Waals surface area contributed by atoms with Crippen LogP contribution in [0.4, 0.5) is 0 Å². The molecule has 0 saturated carbocycles. The van der Waals surface area contributed by atoms with Crippen molar-refractivity contribution in [3.05, 3.63) is 59.3 Å². The Morgan fingerprint density at radius 1 is 1.29 bits per heavy atom. The monoisotopic (exact) mass is 324 g/mol. The van der Waals surface area contributed by atoms with E-state index in [-0.39, 0.29) is 0 Å². The summed E-state index contributed by atoms with van der Waals surface area (Å²) in [5.74, 6) is 0. The molecule has 24 heavy (non-hydrogen) atoms. The molecule has 0 spiro atoms. The molecule has 0 radical (unpaired) electrons. The molecule has 1 saturated heterocycles. The van der Waals surface area contributed by atoms with Gasteiger partial charge in [0.1, 0.15) is 0 Å². The smallest absolute Gasteiger partial charge is 0.0468 e. The van der Waals surface area contributed by atoms with Gasteiger partial charge in [-0.3, -0.25) is 0 Å². The van der Waals surface area contributed by atoms with Gasteiger partial charge in [-0.2, -0.15) is 0 Å². The molecule has 2 unspecified atom stereocenters. The molecule has 1 aromatic rings. The zero-order valence-corrected chi connectivity index (χ0v) is 15.5. The lowest BCUT2D eigenvalue weighted by atomic mass is 9.97. The SMILES string of the molecule is C#C.C=C(C)C(CCc1ccc(C)c(C)c1)NC(=C)C1CCCN1. The Morgan fingerprint density at radius 3 is 2.54 bits per heavy atom. The van der Waals surface area contributed by atoms with E-state index in [4.69, 9.17) is 0 Å². The average molecular weight is 325 g/mol. The highest BCUT2D eigenvalue weighted by atomic mass is 15.0. The number of hydrogen-bond acceptors (Lipinski definition) is 2. The zero-order chi connectivity index (χ0) is 18.1. The van der Waals surface area contributed by atoms with Gasteiger partial charge in [0, 0.05) is 17.8 Å². The Hall–Kier alpha value is -1.98. The van der Waals surface area contributed by atoms with Gasteiger partial charge in [0.15, 0.2) is 0 Å². The molecular formula is C22H32N2. The summed E-state index contributed by atoms with van der Waals surface area (Å²) in [6, 6.07) is 7.48. The van der Waals surface area contributed by atoms with Gasteiger partial charge in [0.25, 0.3) is 0 Å². The summed E-state index contributed by atoms with van der Waals surface area (Å²) >= 11 is 0. The van der Waals surface area contributed by atoms with Crippen LogP contribution in [0.1, 0.15) is 42.9 Å². The molecule has 1 heterocycles. The minimum absolute atomic E-state index is 0.302. The fourth-order valence-corrected chi connectivity index (χ4v) is 3.02. The summed E-state index contributed by atoms with van der Waals surface area (Å²) in [4.78, 5) is 0. The van der Waals surface area contributed by atoms with Crippen LogP contribution < -0.4 is 10.6 Å². The molecule has 0 aliphatic carbocycles. The lowest BCUT2D eigenvalue weighted by molar-refractivity contribution is 0.540. The molecule has 0 aromatic heterocycles. The molecule has 1 fully saturated rings. The third-order valence-electron chi connectivity index (χ3n) is 4.73. The first kappa shape index (κ1) is 20.1. The van der Waals surface area contributed by atoms with E-state index in [0.717, 1.165) is 25.1 Å². The van der Waals surface area contributed by atoms with Crippen LogP contribution in [-0.4, -0.2) is 18.6 Å². The minimum Gasteiger partial charge on any atom is -0.381 e. The quantitative estimate of drug-likeness (QED) is 0.578. The summed E-state index contributed by atoms with van der Waals surface area (Å²) in [5.41, 5.74) is 6.44.